The van der Waals surface area contributed by atoms with Crippen molar-refractivity contribution in [3.8, 4) is 0 Å². The fourth-order valence-corrected chi connectivity index (χ4v) is 2.84. The molecule has 8 nitrogen and oxygen atoms in total. The first-order chi connectivity index (χ1) is 15.6. The lowest BCUT2D eigenvalue weighted by Gasteiger charge is -2.15. The largest absolute Gasteiger partial charge is 0.463 e. The number of unbranched alkanes of at least 4 members (excludes halogenated alkanes) is 2. The second kappa shape index (κ2) is 24.4. The highest BCUT2D eigenvalue weighted by Gasteiger charge is 2.19. The SMILES string of the molecule is CCCCOCCOCCOC(=O)CC(CCC)CC(=O)OCCOCCOCCCC. The Morgan fingerprint density at radius 3 is 1.28 bits per heavy atom. The summed E-state index contributed by atoms with van der Waals surface area (Å²) in [6.07, 6.45) is 6.37. The Kier molecular flexibility index (Phi) is 23.5. The molecule has 0 spiro atoms. The Morgan fingerprint density at radius 2 is 0.906 bits per heavy atom. The molecule has 190 valence electrons. The molecule has 32 heavy (non-hydrogen) atoms. The first kappa shape index (κ1) is 30.8. The van der Waals surface area contributed by atoms with Gasteiger partial charge in [-0.25, -0.2) is 0 Å². The van der Waals surface area contributed by atoms with E-state index >= 15 is 0 Å². The van der Waals surface area contributed by atoms with E-state index in [2.05, 4.69) is 13.8 Å². The molecular weight excluding hydrogens is 416 g/mol. The van der Waals surface area contributed by atoms with Gasteiger partial charge in [0, 0.05) is 26.1 Å². The Morgan fingerprint density at radius 1 is 0.531 bits per heavy atom. The van der Waals surface area contributed by atoms with Crippen LogP contribution >= 0.6 is 0 Å². The molecule has 0 aromatic rings. The molecule has 0 rings (SSSR count). The van der Waals surface area contributed by atoms with Gasteiger partial charge in [-0.15, -0.1) is 0 Å². The summed E-state index contributed by atoms with van der Waals surface area (Å²) in [5.41, 5.74) is 0. The van der Waals surface area contributed by atoms with E-state index in [0.29, 0.717) is 39.6 Å². The van der Waals surface area contributed by atoms with Crippen LogP contribution in [0.2, 0.25) is 0 Å². The fourth-order valence-electron chi connectivity index (χ4n) is 2.84. The van der Waals surface area contributed by atoms with Crippen LogP contribution < -0.4 is 0 Å². The van der Waals surface area contributed by atoms with Gasteiger partial charge in [-0.2, -0.15) is 0 Å². The molecule has 0 fully saturated rings. The zero-order valence-corrected chi connectivity index (χ0v) is 20.6. The second-order valence-corrected chi connectivity index (χ2v) is 7.66. The van der Waals surface area contributed by atoms with Crippen molar-refractivity contribution >= 4 is 11.9 Å². The van der Waals surface area contributed by atoms with Crippen LogP contribution in [0.4, 0.5) is 0 Å². The van der Waals surface area contributed by atoms with Crippen LogP contribution in [0.3, 0.4) is 0 Å². The average molecular weight is 463 g/mol. The van der Waals surface area contributed by atoms with Crippen LogP contribution in [0, 0.1) is 5.92 Å². The Hall–Kier alpha value is -1.22. The van der Waals surface area contributed by atoms with Gasteiger partial charge in [0.2, 0.25) is 0 Å². The summed E-state index contributed by atoms with van der Waals surface area (Å²) >= 11 is 0. The lowest BCUT2D eigenvalue weighted by atomic mass is 9.96. The van der Waals surface area contributed by atoms with Gasteiger partial charge < -0.3 is 28.4 Å². The Balaban J connectivity index is 3.77. The van der Waals surface area contributed by atoms with Crippen molar-refractivity contribution < 1.29 is 38.0 Å². The van der Waals surface area contributed by atoms with Crippen molar-refractivity contribution in [3.63, 3.8) is 0 Å². The lowest BCUT2D eigenvalue weighted by molar-refractivity contribution is -0.149. The van der Waals surface area contributed by atoms with Gasteiger partial charge >= 0.3 is 11.9 Å². The van der Waals surface area contributed by atoms with Crippen LogP contribution in [0.5, 0.6) is 0 Å². The Bertz CT molecular complexity index is 394. The molecule has 0 aromatic heterocycles. The highest BCUT2D eigenvalue weighted by Crippen LogP contribution is 2.17. The molecular formula is C24H46O8. The van der Waals surface area contributed by atoms with Crippen molar-refractivity contribution in [2.45, 2.75) is 72.1 Å². The van der Waals surface area contributed by atoms with Gasteiger partial charge in [-0.05, 0) is 25.2 Å². The van der Waals surface area contributed by atoms with Crippen molar-refractivity contribution in [2.75, 3.05) is 66.1 Å². The summed E-state index contributed by atoms with van der Waals surface area (Å²) in [5.74, 6) is -0.711. The predicted molar refractivity (Wildman–Crippen MR) is 123 cm³/mol. The third-order valence-electron chi connectivity index (χ3n) is 4.62. The van der Waals surface area contributed by atoms with E-state index in [1.54, 1.807) is 0 Å². The van der Waals surface area contributed by atoms with Gasteiger partial charge in [0.25, 0.3) is 0 Å². The molecule has 0 saturated carbocycles. The molecule has 8 heteroatoms. The maximum atomic E-state index is 12.1. The quantitative estimate of drug-likeness (QED) is 0.157. The van der Waals surface area contributed by atoms with Gasteiger partial charge in [-0.1, -0.05) is 40.0 Å². The average Bonchev–Trinajstić information content (AvgIpc) is 2.77. The summed E-state index contributed by atoms with van der Waals surface area (Å²) in [7, 11) is 0. The van der Waals surface area contributed by atoms with E-state index in [9.17, 15) is 9.59 Å². The van der Waals surface area contributed by atoms with Gasteiger partial charge in [-0.3, -0.25) is 9.59 Å². The minimum Gasteiger partial charge on any atom is -0.463 e. The van der Waals surface area contributed by atoms with Crippen molar-refractivity contribution in [1.82, 2.24) is 0 Å². The van der Waals surface area contributed by atoms with E-state index in [4.69, 9.17) is 28.4 Å². The number of ether oxygens (including phenoxy) is 6. The minimum absolute atomic E-state index is 0.0826. The molecule has 0 aromatic carbocycles. The molecule has 0 radical (unpaired) electrons. The smallest absolute Gasteiger partial charge is 0.306 e. The summed E-state index contributed by atoms with van der Waals surface area (Å²) < 4.78 is 32.0. The molecule has 0 bridgehead atoms. The molecule has 0 amide bonds. The molecule has 0 saturated heterocycles. The molecule has 0 atom stereocenters. The predicted octanol–water partition coefficient (Wildman–Crippen LogP) is 3.94. The minimum atomic E-state index is -0.314. The number of esters is 2. The molecule has 0 unspecified atom stereocenters. The maximum Gasteiger partial charge on any atom is 0.306 e. The van der Waals surface area contributed by atoms with E-state index in [1.165, 1.54) is 0 Å². The number of hydrogen-bond donors (Lipinski definition) is 0. The van der Waals surface area contributed by atoms with Crippen molar-refractivity contribution in [2.24, 2.45) is 5.92 Å². The summed E-state index contributed by atoms with van der Waals surface area (Å²) in [5, 5.41) is 0. The number of rotatable bonds is 24. The zero-order chi connectivity index (χ0) is 23.7. The first-order valence-electron chi connectivity index (χ1n) is 12.3. The van der Waals surface area contributed by atoms with Gasteiger partial charge in [0.15, 0.2) is 0 Å². The lowest BCUT2D eigenvalue weighted by Crippen LogP contribution is -2.19. The van der Waals surface area contributed by atoms with Gasteiger partial charge in [0.1, 0.15) is 13.2 Å². The molecule has 0 aliphatic carbocycles. The van der Waals surface area contributed by atoms with Crippen LogP contribution in [0.15, 0.2) is 0 Å². The normalized spacial score (nSPS) is 11.1. The monoisotopic (exact) mass is 462 g/mol. The van der Waals surface area contributed by atoms with E-state index in [-0.39, 0.29) is 43.9 Å². The molecule has 0 aliphatic heterocycles. The van der Waals surface area contributed by atoms with Crippen molar-refractivity contribution in [1.29, 1.82) is 0 Å². The van der Waals surface area contributed by atoms with Crippen LogP contribution in [-0.2, 0) is 38.0 Å². The standard InChI is InChI=1S/C24H46O8/c1-4-7-10-27-12-14-29-16-18-31-23(25)20-22(9-6-3)21-24(26)32-19-17-30-15-13-28-11-8-5-2/h22H,4-21H2,1-3H3. The topological polar surface area (TPSA) is 89.5 Å². The van der Waals surface area contributed by atoms with E-state index in [1.807, 2.05) is 6.92 Å². The number of hydrogen-bond acceptors (Lipinski definition) is 8. The van der Waals surface area contributed by atoms with E-state index in [0.717, 1.165) is 51.7 Å². The van der Waals surface area contributed by atoms with Crippen LogP contribution in [-0.4, -0.2) is 78.0 Å². The number of carbonyl (C=O) groups excluding carboxylic acids is 2. The summed E-state index contributed by atoms with van der Waals surface area (Å²) in [6.45, 7) is 10.9. The molecule has 0 N–H and O–H groups in total. The second-order valence-electron chi connectivity index (χ2n) is 7.66. The Labute approximate surface area is 194 Å². The van der Waals surface area contributed by atoms with Gasteiger partial charge in [0.05, 0.1) is 39.6 Å². The third-order valence-corrected chi connectivity index (χ3v) is 4.62. The fraction of sp³-hybridized carbons (Fsp3) is 0.917. The van der Waals surface area contributed by atoms with Crippen molar-refractivity contribution in [3.05, 3.63) is 0 Å². The molecule has 0 aliphatic rings. The highest BCUT2D eigenvalue weighted by atomic mass is 16.6. The third kappa shape index (κ3) is 22.0. The zero-order valence-electron chi connectivity index (χ0n) is 20.6. The highest BCUT2D eigenvalue weighted by molar-refractivity contribution is 5.73. The summed E-state index contributed by atoms with van der Waals surface area (Å²) in [6, 6.07) is 0. The van der Waals surface area contributed by atoms with E-state index < -0.39 is 0 Å². The maximum absolute atomic E-state index is 12.1. The van der Waals surface area contributed by atoms with Crippen LogP contribution in [0.1, 0.15) is 72.1 Å². The molecule has 0 heterocycles. The first-order valence-corrected chi connectivity index (χ1v) is 12.3. The number of carbonyl (C=O) groups is 2. The summed E-state index contributed by atoms with van der Waals surface area (Å²) in [4.78, 5) is 24.1. The van der Waals surface area contributed by atoms with Crippen LogP contribution in [0.25, 0.3) is 0 Å².